The third-order valence-electron chi connectivity index (χ3n) is 4.69. The summed E-state index contributed by atoms with van der Waals surface area (Å²) in [5, 5.41) is 2.03. The third kappa shape index (κ3) is 2.37. The van der Waals surface area contributed by atoms with Gasteiger partial charge in [-0.3, -0.25) is 9.59 Å². The van der Waals surface area contributed by atoms with Crippen LogP contribution in [0.5, 0.6) is 0 Å². The van der Waals surface area contributed by atoms with E-state index >= 15 is 0 Å². The molecule has 21 heavy (non-hydrogen) atoms. The van der Waals surface area contributed by atoms with Gasteiger partial charge in [0.2, 0.25) is 11.8 Å². The van der Waals surface area contributed by atoms with Gasteiger partial charge in [0, 0.05) is 11.4 Å². The van der Waals surface area contributed by atoms with E-state index in [0.717, 1.165) is 32.2 Å². The second-order valence-electron chi connectivity index (χ2n) is 5.90. The van der Waals surface area contributed by atoms with Gasteiger partial charge in [-0.15, -0.1) is 11.3 Å². The van der Waals surface area contributed by atoms with Crippen molar-refractivity contribution in [3.05, 3.63) is 22.4 Å². The van der Waals surface area contributed by atoms with Gasteiger partial charge in [-0.1, -0.05) is 13.0 Å². The molecule has 2 saturated heterocycles. The van der Waals surface area contributed by atoms with Crippen LogP contribution in [0, 0.1) is 0 Å². The molecule has 5 heteroatoms. The number of thiophene rings is 1. The summed E-state index contributed by atoms with van der Waals surface area (Å²) in [7, 11) is 0. The molecule has 114 valence electrons. The van der Waals surface area contributed by atoms with Crippen LogP contribution in [0.3, 0.4) is 0 Å². The van der Waals surface area contributed by atoms with E-state index < -0.39 is 0 Å². The van der Waals surface area contributed by atoms with E-state index in [0.29, 0.717) is 0 Å². The Balaban J connectivity index is 1.93. The lowest BCUT2D eigenvalue weighted by Crippen LogP contribution is -2.65. The van der Waals surface area contributed by atoms with Crippen LogP contribution in [0.15, 0.2) is 17.5 Å². The molecular formula is C16H22N2O2S. The highest BCUT2D eigenvalue weighted by Crippen LogP contribution is 2.35. The zero-order valence-corrected chi connectivity index (χ0v) is 13.4. The van der Waals surface area contributed by atoms with Gasteiger partial charge < -0.3 is 9.80 Å². The molecule has 0 spiro atoms. The molecule has 1 aromatic heterocycles. The number of hydrogen-bond donors (Lipinski definition) is 0. The van der Waals surface area contributed by atoms with Crippen molar-refractivity contribution in [2.24, 2.45) is 0 Å². The molecule has 2 aliphatic heterocycles. The minimum atomic E-state index is -0.348. The number of amides is 2. The van der Waals surface area contributed by atoms with Crippen LogP contribution in [0.25, 0.3) is 0 Å². The summed E-state index contributed by atoms with van der Waals surface area (Å²) in [6.45, 7) is 4.70. The van der Waals surface area contributed by atoms with E-state index in [4.69, 9.17) is 0 Å². The summed E-state index contributed by atoms with van der Waals surface area (Å²) in [6.07, 6.45) is 3.72. The van der Waals surface area contributed by atoms with Crippen LogP contribution >= 0.6 is 11.3 Å². The molecule has 1 aromatic rings. The van der Waals surface area contributed by atoms with Crippen molar-refractivity contribution >= 4 is 23.2 Å². The lowest BCUT2D eigenvalue weighted by molar-refractivity contribution is -0.165. The van der Waals surface area contributed by atoms with Gasteiger partial charge in [0.15, 0.2) is 0 Å². The standard InChI is InChI=1S/C16H22N2O2S/c1-3-12(14-8-6-10-21-14)18-11(2)15(19)17-9-5-4-7-13(17)16(18)20/h6,8,10-13H,3-5,7,9H2,1-2H3. The smallest absolute Gasteiger partial charge is 0.246 e. The van der Waals surface area contributed by atoms with Crippen LogP contribution < -0.4 is 0 Å². The monoisotopic (exact) mass is 306 g/mol. The Bertz CT molecular complexity index is 528. The van der Waals surface area contributed by atoms with Gasteiger partial charge in [0.1, 0.15) is 12.1 Å². The fourth-order valence-corrected chi connectivity index (χ4v) is 4.52. The van der Waals surface area contributed by atoms with E-state index in [1.807, 2.05) is 28.2 Å². The lowest BCUT2D eigenvalue weighted by atomic mass is 9.93. The van der Waals surface area contributed by atoms with Crippen molar-refractivity contribution in [1.29, 1.82) is 0 Å². The Morgan fingerprint density at radius 2 is 2.14 bits per heavy atom. The molecule has 0 bridgehead atoms. The van der Waals surface area contributed by atoms with Gasteiger partial charge in [-0.2, -0.15) is 0 Å². The molecule has 3 unspecified atom stereocenters. The van der Waals surface area contributed by atoms with Crippen molar-refractivity contribution in [2.75, 3.05) is 6.54 Å². The number of fused-ring (bicyclic) bond motifs is 1. The van der Waals surface area contributed by atoms with Crippen LogP contribution in [0.2, 0.25) is 0 Å². The van der Waals surface area contributed by atoms with Crippen molar-refractivity contribution in [2.45, 2.75) is 57.7 Å². The Hall–Kier alpha value is -1.36. The quantitative estimate of drug-likeness (QED) is 0.861. The predicted molar refractivity (Wildman–Crippen MR) is 83.0 cm³/mol. The third-order valence-corrected chi connectivity index (χ3v) is 5.67. The molecule has 0 aliphatic carbocycles. The first-order chi connectivity index (χ1) is 10.1. The zero-order valence-electron chi connectivity index (χ0n) is 12.6. The Morgan fingerprint density at radius 3 is 2.81 bits per heavy atom. The molecule has 0 saturated carbocycles. The van der Waals surface area contributed by atoms with Crippen LogP contribution in [0.1, 0.15) is 50.4 Å². The summed E-state index contributed by atoms with van der Waals surface area (Å²) in [4.78, 5) is 30.4. The number of carbonyl (C=O) groups excluding carboxylic acids is 2. The van der Waals surface area contributed by atoms with E-state index in [1.54, 1.807) is 11.3 Å². The van der Waals surface area contributed by atoms with Crippen molar-refractivity contribution in [3.8, 4) is 0 Å². The summed E-state index contributed by atoms with van der Waals surface area (Å²) in [5.74, 6) is 0.261. The van der Waals surface area contributed by atoms with Crippen molar-refractivity contribution in [1.82, 2.24) is 9.80 Å². The van der Waals surface area contributed by atoms with Gasteiger partial charge in [0.05, 0.1) is 6.04 Å². The summed E-state index contributed by atoms with van der Waals surface area (Å²) >= 11 is 1.67. The largest absolute Gasteiger partial charge is 0.329 e. The highest BCUT2D eigenvalue weighted by Gasteiger charge is 2.47. The van der Waals surface area contributed by atoms with E-state index in [1.165, 1.54) is 4.88 Å². The average Bonchev–Trinajstić information content (AvgIpc) is 3.03. The van der Waals surface area contributed by atoms with E-state index in [9.17, 15) is 9.59 Å². The molecule has 4 nitrogen and oxygen atoms in total. The first-order valence-corrected chi connectivity index (χ1v) is 8.69. The zero-order chi connectivity index (χ0) is 15.0. The molecule has 0 aromatic carbocycles. The van der Waals surface area contributed by atoms with Gasteiger partial charge >= 0.3 is 0 Å². The van der Waals surface area contributed by atoms with Gasteiger partial charge in [0.25, 0.3) is 0 Å². The van der Waals surface area contributed by atoms with Crippen LogP contribution in [-0.2, 0) is 9.59 Å². The maximum absolute atomic E-state index is 12.9. The number of piperidine rings is 1. The van der Waals surface area contributed by atoms with Crippen molar-refractivity contribution < 1.29 is 9.59 Å². The summed E-state index contributed by atoms with van der Waals surface area (Å²) in [6, 6.07) is 3.53. The Morgan fingerprint density at radius 1 is 1.33 bits per heavy atom. The van der Waals surface area contributed by atoms with E-state index in [-0.39, 0.29) is 29.9 Å². The minimum Gasteiger partial charge on any atom is -0.329 e. The van der Waals surface area contributed by atoms with Crippen LogP contribution in [-0.4, -0.2) is 40.2 Å². The SMILES string of the molecule is CCC(c1cccs1)N1C(=O)C2CCCCN2C(=O)C1C. The van der Waals surface area contributed by atoms with Crippen LogP contribution in [0.4, 0.5) is 0 Å². The highest BCUT2D eigenvalue weighted by molar-refractivity contribution is 7.10. The molecule has 3 atom stereocenters. The minimum absolute atomic E-state index is 0.0283. The second-order valence-corrected chi connectivity index (χ2v) is 6.88. The molecule has 0 radical (unpaired) electrons. The molecule has 0 N–H and O–H groups in total. The lowest BCUT2D eigenvalue weighted by Gasteiger charge is -2.48. The van der Waals surface area contributed by atoms with Gasteiger partial charge in [-0.05, 0) is 44.1 Å². The van der Waals surface area contributed by atoms with E-state index in [2.05, 4.69) is 13.0 Å². The maximum Gasteiger partial charge on any atom is 0.246 e. The predicted octanol–water partition coefficient (Wildman–Crippen LogP) is 2.81. The summed E-state index contributed by atoms with van der Waals surface area (Å²) < 4.78 is 0. The molecule has 3 rings (SSSR count). The van der Waals surface area contributed by atoms with Crippen molar-refractivity contribution in [3.63, 3.8) is 0 Å². The molecule has 2 amide bonds. The summed E-state index contributed by atoms with van der Waals surface area (Å²) in [5.41, 5.74) is 0. The average molecular weight is 306 g/mol. The number of piperazine rings is 1. The molecule has 2 fully saturated rings. The number of hydrogen-bond acceptors (Lipinski definition) is 3. The number of rotatable bonds is 3. The molecular weight excluding hydrogens is 284 g/mol. The first kappa shape index (κ1) is 14.6. The fourth-order valence-electron chi connectivity index (χ4n) is 3.61. The topological polar surface area (TPSA) is 40.6 Å². The second kappa shape index (κ2) is 5.79. The highest BCUT2D eigenvalue weighted by atomic mass is 32.1. The Labute approximate surface area is 129 Å². The number of carbonyl (C=O) groups is 2. The maximum atomic E-state index is 12.9. The molecule has 2 aliphatic rings. The first-order valence-electron chi connectivity index (χ1n) is 7.81. The fraction of sp³-hybridized carbons (Fsp3) is 0.625. The Kier molecular flexibility index (Phi) is 4.02. The number of nitrogens with zero attached hydrogens (tertiary/aromatic N) is 2. The molecule has 3 heterocycles. The normalized spacial score (nSPS) is 27.7. The van der Waals surface area contributed by atoms with Gasteiger partial charge in [-0.25, -0.2) is 0 Å².